The number of carbonyl (C=O) groups excluding carboxylic acids is 1. The summed E-state index contributed by atoms with van der Waals surface area (Å²) in [6.07, 6.45) is 3.18. The first-order valence-corrected chi connectivity index (χ1v) is 7.51. The summed E-state index contributed by atoms with van der Waals surface area (Å²) in [5.41, 5.74) is 0. The molecule has 2 aromatic heterocycles. The Morgan fingerprint density at radius 2 is 2.23 bits per heavy atom. The second-order valence-corrected chi connectivity index (χ2v) is 5.28. The molecule has 1 aliphatic heterocycles. The van der Waals surface area contributed by atoms with Gasteiger partial charge in [0.05, 0.1) is 25.3 Å². The Morgan fingerprint density at radius 3 is 2.91 bits per heavy atom. The lowest BCUT2D eigenvalue weighted by molar-refractivity contribution is -0.149. The number of ether oxygens (including phenoxy) is 1. The molecule has 1 saturated heterocycles. The minimum absolute atomic E-state index is 0.0116. The van der Waals surface area contributed by atoms with E-state index in [0.29, 0.717) is 30.7 Å². The first-order valence-electron chi connectivity index (χ1n) is 7.51. The van der Waals surface area contributed by atoms with Crippen LogP contribution in [0.4, 0.5) is 0 Å². The molecule has 0 spiro atoms. The van der Waals surface area contributed by atoms with Gasteiger partial charge in [-0.15, -0.1) is 10.2 Å². The number of hydrogen-bond donors (Lipinski definition) is 0. The van der Waals surface area contributed by atoms with Crippen LogP contribution >= 0.6 is 0 Å². The van der Waals surface area contributed by atoms with Gasteiger partial charge in [0, 0.05) is 0 Å². The first-order chi connectivity index (χ1) is 10.8. The number of esters is 1. The average Bonchev–Trinajstić information content (AvgIpc) is 3.19. The van der Waals surface area contributed by atoms with E-state index in [9.17, 15) is 4.79 Å². The van der Waals surface area contributed by atoms with E-state index in [1.807, 2.05) is 6.92 Å². The van der Waals surface area contributed by atoms with Gasteiger partial charge in [0.1, 0.15) is 0 Å². The summed E-state index contributed by atoms with van der Waals surface area (Å²) in [7, 11) is 0. The van der Waals surface area contributed by atoms with Crippen LogP contribution < -0.4 is 0 Å². The largest absolute Gasteiger partial charge is 0.466 e. The highest BCUT2D eigenvalue weighted by molar-refractivity contribution is 5.72. The minimum Gasteiger partial charge on any atom is -0.466 e. The monoisotopic (exact) mass is 305 g/mol. The second-order valence-electron chi connectivity index (χ2n) is 5.28. The predicted molar refractivity (Wildman–Crippen MR) is 76.6 cm³/mol. The number of carbonyl (C=O) groups is 1. The number of furan rings is 1. The molecule has 0 bridgehead atoms. The molecule has 0 saturated carbocycles. The van der Waals surface area contributed by atoms with Gasteiger partial charge in [0.2, 0.25) is 5.89 Å². The zero-order valence-corrected chi connectivity index (χ0v) is 12.5. The standard InChI is InChI=1S/C15H19N3O4/c1-2-20-15(19)11-5-7-18(8-6-11)10-13-16-17-14(22-13)12-4-3-9-21-12/h3-4,9,11H,2,5-8,10H2,1H3. The van der Waals surface area contributed by atoms with Crippen molar-refractivity contribution in [1.29, 1.82) is 0 Å². The molecule has 0 unspecified atom stereocenters. The number of likely N-dealkylation sites (tertiary alicyclic amines) is 1. The van der Waals surface area contributed by atoms with Gasteiger partial charge in [-0.3, -0.25) is 9.69 Å². The maximum atomic E-state index is 11.7. The van der Waals surface area contributed by atoms with Crippen LogP contribution in [-0.4, -0.2) is 40.8 Å². The quantitative estimate of drug-likeness (QED) is 0.782. The van der Waals surface area contributed by atoms with E-state index in [0.717, 1.165) is 25.9 Å². The molecule has 0 atom stereocenters. The van der Waals surface area contributed by atoms with Gasteiger partial charge in [-0.1, -0.05) is 0 Å². The lowest BCUT2D eigenvalue weighted by Crippen LogP contribution is -2.36. The molecule has 7 heteroatoms. The summed E-state index contributed by atoms with van der Waals surface area (Å²) >= 11 is 0. The van der Waals surface area contributed by atoms with Gasteiger partial charge >= 0.3 is 5.97 Å². The molecular formula is C15H19N3O4. The molecular weight excluding hydrogens is 286 g/mol. The van der Waals surface area contributed by atoms with Gasteiger partial charge in [-0.2, -0.15) is 0 Å². The number of nitrogens with zero attached hydrogens (tertiary/aromatic N) is 3. The molecule has 0 aliphatic carbocycles. The van der Waals surface area contributed by atoms with Crippen LogP contribution in [0.5, 0.6) is 0 Å². The summed E-state index contributed by atoms with van der Waals surface area (Å²) in [5.74, 6) is 1.44. The number of aromatic nitrogens is 2. The topological polar surface area (TPSA) is 81.6 Å². The molecule has 7 nitrogen and oxygen atoms in total. The van der Waals surface area contributed by atoms with E-state index in [1.54, 1.807) is 18.4 Å². The van der Waals surface area contributed by atoms with Crippen molar-refractivity contribution in [1.82, 2.24) is 15.1 Å². The Hall–Kier alpha value is -2.15. The van der Waals surface area contributed by atoms with Crippen molar-refractivity contribution in [3.63, 3.8) is 0 Å². The molecule has 3 heterocycles. The smallest absolute Gasteiger partial charge is 0.309 e. The third kappa shape index (κ3) is 3.36. The Morgan fingerprint density at radius 1 is 1.41 bits per heavy atom. The Bertz CT molecular complexity index is 600. The summed E-state index contributed by atoms with van der Waals surface area (Å²) in [6, 6.07) is 3.56. The lowest BCUT2D eigenvalue weighted by Gasteiger charge is -2.29. The number of piperidine rings is 1. The van der Waals surface area contributed by atoms with Crippen LogP contribution in [0.1, 0.15) is 25.7 Å². The van der Waals surface area contributed by atoms with Crippen molar-refractivity contribution >= 4 is 5.97 Å². The summed E-state index contributed by atoms with van der Waals surface area (Å²) < 4.78 is 15.9. The zero-order chi connectivity index (χ0) is 15.4. The summed E-state index contributed by atoms with van der Waals surface area (Å²) in [4.78, 5) is 13.9. The lowest BCUT2D eigenvalue weighted by atomic mass is 9.97. The van der Waals surface area contributed by atoms with Crippen molar-refractivity contribution in [2.24, 2.45) is 5.92 Å². The molecule has 3 rings (SSSR count). The number of rotatable bonds is 5. The average molecular weight is 305 g/mol. The third-order valence-corrected chi connectivity index (χ3v) is 3.77. The molecule has 118 valence electrons. The fourth-order valence-electron chi connectivity index (χ4n) is 2.60. The van der Waals surface area contributed by atoms with Gasteiger partial charge in [0.15, 0.2) is 5.76 Å². The molecule has 2 aromatic rings. The van der Waals surface area contributed by atoms with Crippen molar-refractivity contribution < 1.29 is 18.4 Å². The first kappa shape index (κ1) is 14.8. The van der Waals surface area contributed by atoms with Gasteiger partial charge in [-0.05, 0) is 45.0 Å². The maximum absolute atomic E-state index is 11.7. The fraction of sp³-hybridized carbons (Fsp3) is 0.533. The number of hydrogen-bond acceptors (Lipinski definition) is 7. The van der Waals surface area contributed by atoms with Gasteiger partial charge in [-0.25, -0.2) is 0 Å². The Kier molecular flexibility index (Phi) is 4.53. The van der Waals surface area contributed by atoms with Crippen LogP contribution in [0, 0.1) is 5.92 Å². The molecule has 0 radical (unpaired) electrons. The summed E-state index contributed by atoms with van der Waals surface area (Å²) in [5, 5.41) is 8.02. The van der Waals surface area contributed by atoms with Gasteiger partial charge < -0.3 is 13.6 Å². The van der Waals surface area contributed by atoms with Crippen molar-refractivity contribution in [3.05, 3.63) is 24.3 Å². The van der Waals surface area contributed by atoms with E-state index >= 15 is 0 Å². The van der Waals surface area contributed by atoms with Crippen LogP contribution in [0.2, 0.25) is 0 Å². The van der Waals surface area contributed by atoms with E-state index in [-0.39, 0.29) is 11.9 Å². The Labute approximate surface area is 128 Å². The van der Waals surface area contributed by atoms with Crippen molar-refractivity contribution in [2.45, 2.75) is 26.3 Å². The van der Waals surface area contributed by atoms with E-state index in [1.165, 1.54) is 0 Å². The van der Waals surface area contributed by atoms with Crippen LogP contribution in [0.3, 0.4) is 0 Å². The minimum atomic E-state index is -0.0833. The summed E-state index contributed by atoms with van der Waals surface area (Å²) in [6.45, 7) is 4.50. The second kappa shape index (κ2) is 6.74. The SMILES string of the molecule is CCOC(=O)C1CCN(Cc2nnc(-c3ccco3)o2)CC1. The molecule has 1 aliphatic rings. The maximum Gasteiger partial charge on any atom is 0.309 e. The van der Waals surface area contributed by atoms with E-state index < -0.39 is 0 Å². The molecule has 22 heavy (non-hydrogen) atoms. The highest BCUT2D eigenvalue weighted by Gasteiger charge is 2.26. The molecule has 0 amide bonds. The highest BCUT2D eigenvalue weighted by Crippen LogP contribution is 2.22. The molecule has 1 fully saturated rings. The van der Waals surface area contributed by atoms with Crippen LogP contribution in [0.25, 0.3) is 11.7 Å². The van der Waals surface area contributed by atoms with Crippen molar-refractivity contribution in [2.75, 3.05) is 19.7 Å². The molecule has 0 N–H and O–H groups in total. The third-order valence-electron chi connectivity index (χ3n) is 3.77. The normalized spacial score (nSPS) is 16.8. The highest BCUT2D eigenvalue weighted by atomic mass is 16.5. The molecule has 0 aromatic carbocycles. The van der Waals surface area contributed by atoms with E-state index in [2.05, 4.69) is 15.1 Å². The fourth-order valence-corrected chi connectivity index (χ4v) is 2.60. The van der Waals surface area contributed by atoms with Crippen LogP contribution in [-0.2, 0) is 16.1 Å². The zero-order valence-electron chi connectivity index (χ0n) is 12.5. The van der Waals surface area contributed by atoms with Crippen molar-refractivity contribution in [3.8, 4) is 11.7 Å². The Balaban J connectivity index is 1.52. The van der Waals surface area contributed by atoms with E-state index in [4.69, 9.17) is 13.6 Å². The van der Waals surface area contributed by atoms with Gasteiger partial charge in [0.25, 0.3) is 5.89 Å². The van der Waals surface area contributed by atoms with Crippen LogP contribution in [0.15, 0.2) is 27.2 Å². The predicted octanol–water partition coefficient (Wildman–Crippen LogP) is 2.10.